The third-order valence-electron chi connectivity index (χ3n) is 5.87. The smallest absolute Gasteiger partial charge is 0.404 e. The molecule has 3 heterocycles. The van der Waals surface area contributed by atoms with Crippen LogP contribution in [0.2, 0.25) is 0 Å². The number of piperidine rings is 1. The number of hydrogen-bond acceptors (Lipinski definition) is 6. The standard InChI is InChI=1S/C20H26N6O4/c1-24-16-12-13(26-10-8-25(9-11-26)7-6-21-20(29)30)2-3-14(16)18(23-24)15-4-5-17(27)22-19(15)28/h2-3,12,15,21H,4-11H2,1H3,(H,29,30)(H,22,27,28). The van der Waals surface area contributed by atoms with Gasteiger partial charge in [0.05, 0.1) is 17.1 Å². The van der Waals surface area contributed by atoms with Crippen LogP contribution in [0, 0.1) is 0 Å². The highest BCUT2D eigenvalue weighted by Crippen LogP contribution is 2.32. The number of fused-ring (bicyclic) bond motifs is 1. The zero-order valence-corrected chi connectivity index (χ0v) is 16.9. The fraction of sp³-hybridized carbons (Fsp3) is 0.500. The molecule has 1 aromatic carbocycles. The highest BCUT2D eigenvalue weighted by atomic mass is 16.4. The van der Waals surface area contributed by atoms with Gasteiger partial charge in [-0.25, -0.2) is 4.79 Å². The SMILES string of the molecule is Cn1nc(C2CCC(=O)NC2=O)c2ccc(N3CCN(CCNC(=O)O)CC3)cc21. The Labute approximate surface area is 173 Å². The van der Waals surface area contributed by atoms with Gasteiger partial charge in [0, 0.05) is 63.8 Å². The molecule has 0 aliphatic carbocycles. The second-order valence-corrected chi connectivity index (χ2v) is 7.77. The van der Waals surface area contributed by atoms with Crippen LogP contribution in [0.1, 0.15) is 24.5 Å². The van der Waals surface area contributed by atoms with E-state index in [0.29, 0.717) is 25.9 Å². The van der Waals surface area contributed by atoms with Crippen molar-refractivity contribution in [3.05, 3.63) is 23.9 Å². The molecule has 1 unspecified atom stereocenters. The van der Waals surface area contributed by atoms with E-state index >= 15 is 0 Å². The van der Waals surface area contributed by atoms with Crippen molar-refractivity contribution in [2.75, 3.05) is 44.2 Å². The Morgan fingerprint density at radius 3 is 2.73 bits per heavy atom. The summed E-state index contributed by atoms with van der Waals surface area (Å²) in [6, 6.07) is 6.17. The van der Waals surface area contributed by atoms with Crippen molar-refractivity contribution in [1.29, 1.82) is 0 Å². The molecule has 1 atom stereocenters. The fourth-order valence-electron chi connectivity index (χ4n) is 4.23. The van der Waals surface area contributed by atoms with Gasteiger partial charge in [0.25, 0.3) is 0 Å². The minimum absolute atomic E-state index is 0.225. The van der Waals surface area contributed by atoms with E-state index in [1.807, 2.05) is 13.1 Å². The summed E-state index contributed by atoms with van der Waals surface area (Å²) in [5, 5.41) is 19.0. The summed E-state index contributed by atoms with van der Waals surface area (Å²) >= 11 is 0. The lowest BCUT2D eigenvalue weighted by atomic mass is 9.93. The molecule has 3 N–H and O–H groups in total. The third-order valence-corrected chi connectivity index (χ3v) is 5.87. The molecule has 0 bridgehead atoms. The van der Waals surface area contributed by atoms with Gasteiger partial charge in [-0.2, -0.15) is 5.10 Å². The molecule has 0 spiro atoms. The maximum atomic E-state index is 12.3. The summed E-state index contributed by atoms with van der Waals surface area (Å²) in [7, 11) is 1.87. The molecule has 1 aromatic heterocycles. The van der Waals surface area contributed by atoms with Crippen molar-refractivity contribution < 1.29 is 19.5 Å². The number of rotatable bonds is 5. The Kier molecular flexibility index (Phi) is 5.58. The lowest BCUT2D eigenvalue weighted by Gasteiger charge is -2.36. The minimum Gasteiger partial charge on any atom is -0.465 e. The van der Waals surface area contributed by atoms with Gasteiger partial charge >= 0.3 is 6.09 Å². The first-order chi connectivity index (χ1) is 14.4. The number of aromatic nitrogens is 2. The molecule has 0 radical (unpaired) electrons. The average molecular weight is 414 g/mol. The van der Waals surface area contributed by atoms with E-state index in [1.54, 1.807) is 4.68 Å². The van der Waals surface area contributed by atoms with E-state index in [1.165, 1.54) is 0 Å². The zero-order chi connectivity index (χ0) is 21.3. The number of aryl methyl sites for hydroxylation is 1. The Hall–Kier alpha value is -3.14. The fourth-order valence-corrected chi connectivity index (χ4v) is 4.23. The van der Waals surface area contributed by atoms with E-state index in [4.69, 9.17) is 5.11 Å². The van der Waals surface area contributed by atoms with Crippen molar-refractivity contribution >= 4 is 34.5 Å². The molecule has 30 heavy (non-hydrogen) atoms. The lowest BCUT2D eigenvalue weighted by molar-refractivity contribution is -0.134. The maximum Gasteiger partial charge on any atom is 0.404 e. The second kappa shape index (κ2) is 8.31. The van der Waals surface area contributed by atoms with Crippen LogP contribution in [-0.4, -0.2) is 77.0 Å². The summed E-state index contributed by atoms with van der Waals surface area (Å²) < 4.78 is 1.80. The van der Waals surface area contributed by atoms with Crippen LogP contribution in [0.4, 0.5) is 10.5 Å². The number of piperazine rings is 1. The number of anilines is 1. The van der Waals surface area contributed by atoms with Gasteiger partial charge in [-0.05, 0) is 24.6 Å². The molecule has 10 nitrogen and oxygen atoms in total. The van der Waals surface area contributed by atoms with Crippen LogP contribution in [0.25, 0.3) is 10.9 Å². The molecule has 3 amide bonds. The van der Waals surface area contributed by atoms with Gasteiger partial charge in [-0.15, -0.1) is 0 Å². The summed E-state index contributed by atoms with van der Waals surface area (Å²) in [5.41, 5.74) is 2.78. The van der Waals surface area contributed by atoms with Crippen molar-refractivity contribution in [3.8, 4) is 0 Å². The molecule has 0 saturated carbocycles. The van der Waals surface area contributed by atoms with E-state index in [2.05, 4.69) is 37.7 Å². The maximum absolute atomic E-state index is 12.3. The van der Waals surface area contributed by atoms with Crippen LogP contribution in [0.3, 0.4) is 0 Å². The van der Waals surface area contributed by atoms with Crippen LogP contribution in [0.15, 0.2) is 18.2 Å². The van der Waals surface area contributed by atoms with Crippen molar-refractivity contribution in [3.63, 3.8) is 0 Å². The lowest BCUT2D eigenvalue weighted by Crippen LogP contribution is -2.48. The van der Waals surface area contributed by atoms with Crippen LogP contribution < -0.4 is 15.5 Å². The quantitative estimate of drug-likeness (QED) is 0.609. The predicted octanol–water partition coefficient (Wildman–Crippen LogP) is 0.483. The first-order valence-electron chi connectivity index (χ1n) is 10.2. The Morgan fingerprint density at radius 2 is 2.03 bits per heavy atom. The average Bonchev–Trinajstić information content (AvgIpc) is 3.04. The molecule has 4 rings (SSSR count). The van der Waals surface area contributed by atoms with Crippen LogP contribution in [0.5, 0.6) is 0 Å². The number of nitrogens with zero attached hydrogens (tertiary/aromatic N) is 4. The third kappa shape index (κ3) is 4.09. The number of nitrogens with one attached hydrogen (secondary N) is 2. The topological polar surface area (TPSA) is 120 Å². The van der Waals surface area contributed by atoms with Crippen molar-refractivity contribution in [2.24, 2.45) is 7.05 Å². The number of carbonyl (C=O) groups is 3. The van der Waals surface area contributed by atoms with E-state index in [-0.39, 0.29) is 11.8 Å². The van der Waals surface area contributed by atoms with E-state index in [0.717, 1.165) is 48.5 Å². The normalized spacial score (nSPS) is 20.4. The van der Waals surface area contributed by atoms with Gasteiger partial charge in [0.1, 0.15) is 0 Å². The molecule has 10 heteroatoms. The molecule has 2 aliphatic heterocycles. The molecular weight excluding hydrogens is 388 g/mol. The van der Waals surface area contributed by atoms with Gasteiger partial charge in [-0.3, -0.25) is 24.5 Å². The summed E-state index contributed by atoms with van der Waals surface area (Å²) in [6.07, 6.45) is -0.175. The predicted molar refractivity (Wildman–Crippen MR) is 111 cm³/mol. The number of carbonyl (C=O) groups excluding carboxylic acids is 2. The molecule has 2 saturated heterocycles. The van der Waals surface area contributed by atoms with E-state index in [9.17, 15) is 14.4 Å². The molecule has 2 aromatic rings. The first-order valence-corrected chi connectivity index (χ1v) is 10.2. The number of carboxylic acid groups (broad SMARTS) is 1. The minimum atomic E-state index is -0.991. The van der Waals surface area contributed by atoms with Crippen molar-refractivity contribution in [1.82, 2.24) is 25.3 Å². The van der Waals surface area contributed by atoms with Gasteiger partial charge < -0.3 is 15.3 Å². The number of amides is 3. The van der Waals surface area contributed by atoms with Crippen LogP contribution in [-0.2, 0) is 16.6 Å². The Morgan fingerprint density at radius 1 is 1.27 bits per heavy atom. The largest absolute Gasteiger partial charge is 0.465 e. The summed E-state index contributed by atoms with van der Waals surface area (Å²) in [6.45, 7) is 4.58. The number of hydrogen-bond donors (Lipinski definition) is 3. The van der Waals surface area contributed by atoms with Crippen molar-refractivity contribution in [2.45, 2.75) is 18.8 Å². The molecule has 2 fully saturated rings. The Bertz CT molecular complexity index is 979. The summed E-state index contributed by atoms with van der Waals surface area (Å²) in [5.74, 6) is -0.902. The molecular formula is C20H26N6O4. The van der Waals surface area contributed by atoms with Gasteiger partial charge in [-0.1, -0.05) is 0 Å². The van der Waals surface area contributed by atoms with E-state index < -0.39 is 12.0 Å². The number of imide groups is 1. The molecule has 160 valence electrons. The van der Waals surface area contributed by atoms with Gasteiger partial charge in [0.15, 0.2) is 0 Å². The Balaban J connectivity index is 1.46. The summed E-state index contributed by atoms with van der Waals surface area (Å²) in [4.78, 5) is 38.9. The first kappa shape index (κ1) is 20.1. The number of benzene rings is 1. The monoisotopic (exact) mass is 414 g/mol. The zero-order valence-electron chi connectivity index (χ0n) is 16.9. The second-order valence-electron chi connectivity index (χ2n) is 7.77. The van der Waals surface area contributed by atoms with Gasteiger partial charge in [0.2, 0.25) is 11.8 Å². The molecule has 2 aliphatic rings. The highest BCUT2D eigenvalue weighted by molar-refractivity contribution is 6.02. The highest BCUT2D eigenvalue weighted by Gasteiger charge is 2.31. The van der Waals surface area contributed by atoms with Crippen LogP contribution >= 0.6 is 0 Å².